The molecule has 2 amide bonds. The van der Waals surface area contributed by atoms with Crippen molar-refractivity contribution in [1.82, 2.24) is 10.3 Å². The van der Waals surface area contributed by atoms with Crippen molar-refractivity contribution < 1.29 is 18.4 Å². The smallest absolute Gasteiger partial charge is 0.263 e. The van der Waals surface area contributed by atoms with Crippen LogP contribution in [0.5, 0.6) is 0 Å². The van der Waals surface area contributed by atoms with Crippen LogP contribution in [0.2, 0.25) is 0 Å². The largest absolute Gasteiger partial charge is 0.347 e. The van der Waals surface area contributed by atoms with E-state index in [4.69, 9.17) is 0 Å². The van der Waals surface area contributed by atoms with Crippen molar-refractivity contribution in [2.75, 3.05) is 5.32 Å². The van der Waals surface area contributed by atoms with Crippen molar-refractivity contribution in [3.63, 3.8) is 0 Å². The molecule has 0 radical (unpaired) electrons. The number of anilines is 1. The van der Waals surface area contributed by atoms with Crippen molar-refractivity contribution >= 4 is 28.8 Å². The SMILES string of the molecule is Cc1nc(CC(=O)Nc2ccc(F)cc2F)sc1C(=O)NCc1ccccc1. The Morgan fingerprint density at radius 2 is 1.86 bits per heavy atom. The number of benzene rings is 2. The van der Waals surface area contributed by atoms with Gasteiger partial charge in [0.25, 0.3) is 5.91 Å². The molecule has 3 rings (SSSR count). The van der Waals surface area contributed by atoms with Crippen LogP contribution in [0.25, 0.3) is 0 Å². The minimum Gasteiger partial charge on any atom is -0.347 e. The Balaban J connectivity index is 1.61. The van der Waals surface area contributed by atoms with Crippen LogP contribution in [0.4, 0.5) is 14.5 Å². The molecule has 5 nitrogen and oxygen atoms in total. The van der Waals surface area contributed by atoms with E-state index in [1.54, 1.807) is 6.92 Å². The van der Waals surface area contributed by atoms with E-state index >= 15 is 0 Å². The third-order valence-corrected chi connectivity index (χ3v) is 5.02. The monoisotopic (exact) mass is 401 g/mol. The summed E-state index contributed by atoms with van der Waals surface area (Å²) in [4.78, 5) is 29.2. The van der Waals surface area contributed by atoms with Gasteiger partial charge in [0, 0.05) is 12.6 Å². The molecule has 2 N–H and O–H groups in total. The lowest BCUT2D eigenvalue weighted by atomic mass is 10.2. The van der Waals surface area contributed by atoms with Crippen LogP contribution in [0.3, 0.4) is 0 Å². The van der Waals surface area contributed by atoms with Crippen LogP contribution in [0.1, 0.15) is 25.9 Å². The molecule has 0 atom stereocenters. The second-order valence-electron chi connectivity index (χ2n) is 6.04. The van der Waals surface area contributed by atoms with Crippen molar-refractivity contribution in [1.29, 1.82) is 0 Å². The average Bonchev–Trinajstić information content (AvgIpc) is 3.03. The maximum absolute atomic E-state index is 13.6. The predicted octanol–water partition coefficient (Wildman–Crippen LogP) is 3.84. The number of rotatable bonds is 6. The first-order valence-corrected chi connectivity index (χ1v) is 9.27. The number of hydrogen-bond donors (Lipinski definition) is 2. The molecule has 0 spiro atoms. The minimum atomic E-state index is -0.857. The summed E-state index contributed by atoms with van der Waals surface area (Å²) in [6, 6.07) is 12.4. The highest BCUT2D eigenvalue weighted by Crippen LogP contribution is 2.20. The summed E-state index contributed by atoms with van der Waals surface area (Å²) in [5, 5.41) is 5.63. The van der Waals surface area contributed by atoms with Gasteiger partial charge in [-0.3, -0.25) is 9.59 Å². The summed E-state index contributed by atoms with van der Waals surface area (Å²) in [5.74, 6) is -2.35. The third-order valence-electron chi connectivity index (χ3n) is 3.86. The van der Waals surface area contributed by atoms with Crippen molar-refractivity contribution in [3.05, 3.63) is 81.3 Å². The highest BCUT2D eigenvalue weighted by molar-refractivity contribution is 7.13. The van der Waals surface area contributed by atoms with E-state index in [0.717, 1.165) is 29.0 Å². The molecule has 2 aromatic carbocycles. The fourth-order valence-electron chi connectivity index (χ4n) is 2.52. The summed E-state index contributed by atoms with van der Waals surface area (Å²) >= 11 is 1.11. The van der Waals surface area contributed by atoms with E-state index in [1.807, 2.05) is 30.3 Å². The molecular weight excluding hydrogens is 384 g/mol. The fourth-order valence-corrected chi connectivity index (χ4v) is 3.50. The van der Waals surface area contributed by atoms with Gasteiger partial charge in [-0.1, -0.05) is 30.3 Å². The van der Waals surface area contributed by atoms with E-state index < -0.39 is 17.5 Å². The molecule has 1 aromatic heterocycles. The summed E-state index contributed by atoms with van der Waals surface area (Å²) in [6.45, 7) is 2.08. The molecule has 28 heavy (non-hydrogen) atoms. The lowest BCUT2D eigenvalue weighted by Crippen LogP contribution is -2.22. The molecule has 8 heteroatoms. The Morgan fingerprint density at radius 3 is 2.57 bits per heavy atom. The molecule has 0 saturated heterocycles. The molecule has 0 unspecified atom stereocenters. The number of halogens is 2. The number of aryl methyl sites for hydroxylation is 1. The van der Waals surface area contributed by atoms with Crippen molar-refractivity contribution in [2.45, 2.75) is 19.9 Å². The van der Waals surface area contributed by atoms with Gasteiger partial charge >= 0.3 is 0 Å². The van der Waals surface area contributed by atoms with Gasteiger partial charge < -0.3 is 10.6 Å². The van der Waals surface area contributed by atoms with Crippen LogP contribution >= 0.6 is 11.3 Å². The van der Waals surface area contributed by atoms with E-state index in [0.29, 0.717) is 28.2 Å². The molecular formula is C20H17F2N3O2S. The van der Waals surface area contributed by atoms with E-state index in [9.17, 15) is 18.4 Å². The standard InChI is InChI=1S/C20H17F2N3O2S/c1-12-19(20(27)23-11-13-5-3-2-4-6-13)28-18(24-12)10-17(26)25-16-8-7-14(21)9-15(16)22/h2-9H,10-11H2,1H3,(H,23,27)(H,25,26). The van der Waals surface area contributed by atoms with Crippen molar-refractivity contribution in [3.8, 4) is 0 Å². The van der Waals surface area contributed by atoms with Gasteiger partial charge in [-0.15, -0.1) is 11.3 Å². The lowest BCUT2D eigenvalue weighted by Gasteiger charge is -2.05. The van der Waals surface area contributed by atoms with Gasteiger partial charge in [-0.05, 0) is 24.6 Å². The summed E-state index contributed by atoms with van der Waals surface area (Å²) in [5.41, 5.74) is 1.38. The number of nitrogens with one attached hydrogen (secondary N) is 2. The zero-order valence-electron chi connectivity index (χ0n) is 15.0. The number of hydrogen-bond acceptors (Lipinski definition) is 4. The lowest BCUT2D eigenvalue weighted by molar-refractivity contribution is -0.115. The van der Waals surface area contributed by atoms with E-state index in [2.05, 4.69) is 15.6 Å². The van der Waals surface area contributed by atoms with Gasteiger partial charge in [0.15, 0.2) is 0 Å². The first-order valence-electron chi connectivity index (χ1n) is 8.45. The molecule has 1 heterocycles. The van der Waals surface area contributed by atoms with Crippen molar-refractivity contribution in [2.24, 2.45) is 0 Å². The van der Waals surface area contributed by atoms with Crippen LogP contribution in [0, 0.1) is 18.6 Å². The second-order valence-corrected chi connectivity index (χ2v) is 7.12. The van der Waals surface area contributed by atoms with Gasteiger partial charge in [0.05, 0.1) is 17.8 Å². The number of carbonyl (C=O) groups is 2. The van der Waals surface area contributed by atoms with Crippen LogP contribution in [-0.2, 0) is 17.8 Å². The molecule has 0 aliphatic rings. The Hall–Kier alpha value is -3.13. The number of nitrogens with zero attached hydrogens (tertiary/aromatic N) is 1. The number of aromatic nitrogens is 1. The molecule has 144 valence electrons. The van der Waals surface area contributed by atoms with Crippen LogP contribution in [-0.4, -0.2) is 16.8 Å². The Bertz CT molecular complexity index is 1010. The Kier molecular flexibility index (Phi) is 6.10. The van der Waals surface area contributed by atoms with Gasteiger partial charge in [-0.2, -0.15) is 0 Å². The fraction of sp³-hybridized carbons (Fsp3) is 0.150. The molecule has 3 aromatic rings. The first-order chi connectivity index (χ1) is 13.4. The van der Waals surface area contributed by atoms with Gasteiger partial charge in [0.2, 0.25) is 5.91 Å². The zero-order valence-corrected chi connectivity index (χ0v) is 15.8. The van der Waals surface area contributed by atoms with Gasteiger partial charge in [-0.25, -0.2) is 13.8 Å². The normalized spacial score (nSPS) is 10.5. The number of amides is 2. The van der Waals surface area contributed by atoms with E-state index in [-0.39, 0.29) is 18.0 Å². The zero-order chi connectivity index (χ0) is 20.1. The van der Waals surface area contributed by atoms with Gasteiger partial charge in [0.1, 0.15) is 21.5 Å². The quantitative estimate of drug-likeness (QED) is 0.659. The molecule has 0 aliphatic heterocycles. The summed E-state index contributed by atoms with van der Waals surface area (Å²) in [6.07, 6.45) is -0.117. The maximum atomic E-state index is 13.6. The Morgan fingerprint density at radius 1 is 1.11 bits per heavy atom. The van der Waals surface area contributed by atoms with Crippen LogP contribution < -0.4 is 10.6 Å². The number of carbonyl (C=O) groups excluding carboxylic acids is 2. The maximum Gasteiger partial charge on any atom is 0.263 e. The summed E-state index contributed by atoms with van der Waals surface area (Å²) in [7, 11) is 0. The molecule has 0 aliphatic carbocycles. The minimum absolute atomic E-state index is 0.111. The second kappa shape index (κ2) is 8.71. The molecule has 0 saturated carbocycles. The number of thiazole rings is 1. The highest BCUT2D eigenvalue weighted by atomic mass is 32.1. The highest BCUT2D eigenvalue weighted by Gasteiger charge is 2.17. The predicted molar refractivity (Wildman–Crippen MR) is 103 cm³/mol. The third kappa shape index (κ3) is 4.98. The summed E-state index contributed by atoms with van der Waals surface area (Å²) < 4.78 is 26.6. The average molecular weight is 401 g/mol. The molecule has 0 bridgehead atoms. The van der Waals surface area contributed by atoms with Crippen LogP contribution in [0.15, 0.2) is 48.5 Å². The molecule has 0 fully saturated rings. The first kappa shape index (κ1) is 19.6. The topological polar surface area (TPSA) is 71.1 Å². The Labute approximate surface area is 164 Å². The van der Waals surface area contributed by atoms with E-state index in [1.165, 1.54) is 0 Å².